The van der Waals surface area contributed by atoms with E-state index < -0.39 is 16.1 Å². The number of amides is 1. The molecule has 0 bridgehead atoms. The molecule has 0 unspecified atom stereocenters. The second kappa shape index (κ2) is 10.7. The zero-order valence-corrected chi connectivity index (χ0v) is 20.5. The van der Waals surface area contributed by atoms with Gasteiger partial charge in [-0.05, 0) is 54.7 Å². The maximum atomic E-state index is 13.9. The van der Waals surface area contributed by atoms with E-state index in [-0.39, 0.29) is 5.91 Å². The Bertz CT molecular complexity index is 1140. The maximum absolute atomic E-state index is 13.9. The van der Waals surface area contributed by atoms with E-state index in [0.717, 1.165) is 28.5 Å². The Morgan fingerprint density at radius 2 is 1.33 bits per heavy atom. The third-order valence-corrected chi connectivity index (χ3v) is 6.98. The normalized spacial score (nSPS) is 12.2. The van der Waals surface area contributed by atoms with Gasteiger partial charge in [0.15, 0.2) is 0 Å². The van der Waals surface area contributed by atoms with Crippen LogP contribution in [0.2, 0.25) is 0 Å². The van der Waals surface area contributed by atoms with Crippen molar-refractivity contribution in [2.75, 3.05) is 10.6 Å². The Morgan fingerprint density at radius 1 is 0.818 bits per heavy atom. The monoisotopic (exact) mass is 464 g/mol. The van der Waals surface area contributed by atoms with E-state index in [4.69, 9.17) is 0 Å². The van der Waals surface area contributed by atoms with Gasteiger partial charge in [0.05, 0.1) is 11.9 Å². The predicted octanol–water partition coefficient (Wildman–Crippen LogP) is 5.08. The van der Waals surface area contributed by atoms with Crippen LogP contribution >= 0.6 is 0 Å². The summed E-state index contributed by atoms with van der Waals surface area (Å²) in [4.78, 5) is 15.7. The average Bonchev–Trinajstić information content (AvgIpc) is 2.79. The number of aryl methyl sites for hydroxylation is 2. The lowest BCUT2D eigenvalue weighted by Gasteiger charge is -2.34. The first-order valence-corrected chi connectivity index (χ1v) is 13.0. The van der Waals surface area contributed by atoms with Crippen molar-refractivity contribution < 1.29 is 13.2 Å². The van der Waals surface area contributed by atoms with Gasteiger partial charge in [-0.3, -0.25) is 9.10 Å². The lowest BCUT2D eigenvalue weighted by atomic mass is 10.1. The fourth-order valence-electron chi connectivity index (χ4n) is 3.94. The predicted molar refractivity (Wildman–Crippen MR) is 134 cm³/mol. The van der Waals surface area contributed by atoms with Crippen LogP contribution in [0.15, 0.2) is 78.9 Å². The van der Waals surface area contributed by atoms with Crippen LogP contribution in [-0.2, 0) is 27.9 Å². The van der Waals surface area contributed by atoms with Gasteiger partial charge in [-0.15, -0.1) is 0 Å². The van der Waals surface area contributed by atoms with Crippen LogP contribution in [0.3, 0.4) is 0 Å². The quantitative estimate of drug-likeness (QED) is 0.444. The van der Waals surface area contributed by atoms with Crippen molar-refractivity contribution in [3.8, 4) is 0 Å². The van der Waals surface area contributed by atoms with Gasteiger partial charge in [-0.2, -0.15) is 0 Å². The molecule has 0 aromatic heterocycles. The number of anilines is 1. The van der Waals surface area contributed by atoms with Crippen molar-refractivity contribution in [1.82, 2.24) is 4.90 Å². The largest absolute Gasteiger partial charge is 0.332 e. The Balaban J connectivity index is 2.01. The van der Waals surface area contributed by atoms with E-state index in [1.54, 1.807) is 11.0 Å². The van der Waals surface area contributed by atoms with Gasteiger partial charge < -0.3 is 4.90 Å². The first-order chi connectivity index (χ1) is 15.7. The van der Waals surface area contributed by atoms with Crippen molar-refractivity contribution in [1.29, 1.82) is 0 Å². The summed E-state index contributed by atoms with van der Waals surface area (Å²) in [6.45, 7) is 6.57. The molecule has 0 radical (unpaired) electrons. The minimum Gasteiger partial charge on any atom is -0.332 e. The summed E-state index contributed by atoms with van der Waals surface area (Å²) in [6.07, 6.45) is 1.52. The van der Waals surface area contributed by atoms with Crippen LogP contribution in [-0.4, -0.2) is 31.5 Å². The molecule has 33 heavy (non-hydrogen) atoms. The maximum Gasteiger partial charge on any atom is 0.247 e. The summed E-state index contributed by atoms with van der Waals surface area (Å²) >= 11 is 0. The Hall–Kier alpha value is -3.12. The number of sulfonamides is 1. The van der Waals surface area contributed by atoms with Crippen LogP contribution in [0.1, 0.15) is 35.6 Å². The number of rotatable bonds is 9. The Labute approximate surface area is 197 Å². The number of carbonyl (C=O) groups excluding carboxylic acids is 1. The topological polar surface area (TPSA) is 57.7 Å². The first kappa shape index (κ1) is 24.5. The molecule has 3 rings (SSSR count). The average molecular weight is 465 g/mol. The van der Waals surface area contributed by atoms with Gasteiger partial charge in [0.1, 0.15) is 6.04 Å². The molecule has 0 saturated heterocycles. The number of hydrogen-bond donors (Lipinski definition) is 0. The van der Waals surface area contributed by atoms with Crippen LogP contribution in [0.4, 0.5) is 5.69 Å². The summed E-state index contributed by atoms with van der Waals surface area (Å²) in [5.74, 6) is -0.214. The molecule has 3 aromatic rings. The molecule has 0 aliphatic carbocycles. The molecule has 5 nitrogen and oxygen atoms in total. The highest BCUT2D eigenvalue weighted by atomic mass is 32.2. The number of benzene rings is 3. The number of nitrogens with zero attached hydrogens (tertiary/aromatic N) is 2. The zero-order valence-electron chi connectivity index (χ0n) is 19.7. The minimum atomic E-state index is -3.70. The van der Waals surface area contributed by atoms with Crippen molar-refractivity contribution in [3.05, 3.63) is 101 Å². The van der Waals surface area contributed by atoms with Gasteiger partial charge in [0.2, 0.25) is 15.9 Å². The van der Waals surface area contributed by atoms with E-state index in [2.05, 4.69) is 0 Å². The van der Waals surface area contributed by atoms with Crippen molar-refractivity contribution >= 4 is 21.6 Å². The number of carbonyl (C=O) groups is 1. The highest BCUT2D eigenvalue weighted by Gasteiger charge is 2.34. The van der Waals surface area contributed by atoms with E-state index >= 15 is 0 Å². The van der Waals surface area contributed by atoms with Crippen LogP contribution in [0.25, 0.3) is 0 Å². The molecular formula is C27H32N2O3S. The molecule has 0 aliphatic rings. The highest BCUT2D eigenvalue weighted by Crippen LogP contribution is 2.26. The molecular weight excluding hydrogens is 432 g/mol. The Morgan fingerprint density at radius 3 is 1.76 bits per heavy atom. The standard InChI is InChI=1S/C27H32N2O3S/c1-5-26(29(33(4,31)32)25-17-16-21(2)22(3)18-25)27(30)28(19-23-12-8-6-9-13-23)20-24-14-10-7-11-15-24/h6-18,26H,5,19-20H2,1-4H3/t26-/m1/s1. The summed E-state index contributed by atoms with van der Waals surface area (Å²) in [5.41, 5.74) is 4.55. The second-order valence-corrected chi connectivity index (χ2v) is 10.3. The summed E-state index contributed by atoms with van der Waals surface area (Å²) in [5, 5.41) is 0. The van der Waals surface area contributed by atoms with E-state index in [9.17, 15) is 13.2 Å². The summed E-state index contributed by atoms with van der Waals surface area (Å²) in [6, 6.07) is 24.2. The van der Waals surface area contributed by atoms with Gasteiger partial charge in [-0.25, -0.2) is 8.42 Å². The summed E-state index contributed by atoms with van der Waals surface area (Å²) < 4.78 is 27.1. The van der Waals surface area contributed by atoms with Gasteiger partial charge in [-0.1, -0.05) is 73.7 Å². The number of hydrogen-bond acceptors (Lipinski definition) is 3. The van der Waals surface area contributed by atoms with Crippen molar-refractivity contribution in [2.24, 2.45) is 0 Å². The second-order valence-electron chi connectivity index (χ2n) is 8.42. The van der Waals surface area contributed by atoms with Crippen molar-refractivity contribution in [2.45, 2.75) is 46.3 Å². The molecule has 0 fully saturated rings. The third kappa shape index (κ3) is 6.23. The first-order valence-electron chi connectivity index (χ1n) is 11.1. The van der Waals surface area contributed by atoms with Gasteiger partial charge >= 0.3 is 0 Å². The molecule has 1 atom stereocenters. The third-order valence-electron chi connectivity index (χ3n) is 5.80. The minimum absolute atomic E-state index is 0.214. The fourth-order valence-corrected chi connectivity index (χ4v) is 5.13. The lowest BCUT2D eigenvalue weighted by Crippen LogP contribution is -2.50. The van der Waals surface area contributed by atoms with E-state index in [0.29, 0.717) is 25.2 Å². The molecule has 0 saturated carbocycles. The van der Waals surface area contributed by atoms with Crippen LogP contribution in [0, 0.1) is 13.8 Å². The molecule has 0 aliphatic heterocycles. The van der Waals surface area contributed by atoms with E-state index in [1.807, 2.05) is 93.6 Å². The van der Waals surface area contributed by atoms with Crippen LogP contribution < -0.4 is 4.31 Å². The van der Waals surface area contributed by atoms with Gasteiger partial charge in [0, 0.05) is 13.1 Å². The lowest BCUT2D eigenvalue weighted by molar-refractivity contribution is -0.133. The molecule has 3 aromatic carbocycles. The highest BCUT2D eigenvalue weighted by molar-refractivity contribution is 7.92. The SMILES string of the molecule is CC[C@H](C(=O)N(Cc1ccccc1)Cc1ccccc1)N(c1ccc(C)c(C)c1)S(C)(=O)=O. The molecule has 0 N–H and O–H groups in total. The smallest absolute Gasteiger partial charge is 0.247 e. The van der Waals surface area contributed by atoms with E-state index in [1.165, 1.54) is 4.31 Å². The van der Waals surface area contributed by atoms with Gasteiger partial charge in [0.25, 0.3) is 0 Å². The molecule has 174 valence electrons. The molecule has 0 heterocycles. The van der Waals surface area contributed by atoms with Crippen LogP contribution in [0.5, 0.6) is 0 Å². The summed E-state index contributed by atoms with van der Waals surface area (Å²) in [7, 11) is -3.70. The Kier molecular flexibility index (Phi) is 7.92. The fraction of sp³-hybridized carbons (Fsp3) is 0.296. The molecule has 0 spiro atoms. The molecule has 6 heteroatoms. The zero-order chi connectivity index (χ0) is 24.0. The molecule has 1 amide bonds. The van der Waals surface area contributed by atoms with Crippen molar-refractivity contribution in [3.63, 3.8) is 0 Å².